The third-order valence-electron chi connectivity index (χ3n) is 3.86. The number of nitrogens with zero attached hydrogens (tertiary/aromatic N) is 3. The van der Waals surface area contributed by atoms with Crippen molar-refractivity contribution >= 4 is 11.8 Å². The quantitative estimate of drug-likeness (QED) is 0.790. The minimum atomic E-state index is -0.625. The summed E-state index contributed by atoms with van der Waals surface area (Å²) in [6, 6.07) is 17.4. The summed E-state index contributed by atoms with van der Waals surface area (Å²) in [6.07, 6.45) is 0. The molecule has 2 aromatic rings. The van der Waals surface area contributed by atoms with Crippen molar-refractivity contribution in [2.75, 3.05) is 6.54 Å². The zero-order valence-electron chi connectivity index (χ0n) is 15.6. The Morgan fingerprint density at radius 2 is 1.58 bits per heavy atom. The topological polar surface area (TPSA) is 64.4 Å². The average Bonchev–Trinajstić information content (AvgIpc) is 2.64. The van der Waals surface area contributed by atoms with E-state index in [1.165, 1.54) is 10.0 Å². The van der Waals surface area contributed by atoms with Crippen molar-refractivity contribution in [2.24, 2.45) is 0 Å². The van der Waals surface area contributed by atoms with Gasteiger partial charge in [0.25, 0.3) is 11.8 Å². The lowest BCUT2D eigenvalue weighted by atomic mass is 10.0. The highest BCUT2D eigenvalue weighted by Crippen LogP contribution is 2.22. The first-order chi connectivity index (χ1) is 12.3. The lowest BCUT2D eigenvalue weighted by Crippen LogP contribution is -2.58. The molecule has 5 heteroatoms. The van der Waals surface area contributed by atoms with Crippen LogP contribution in [0.5, 0.6) is 0 Å². The van der Waals surface area contributed by atoms with Crippen LogP contribution in [0.15, 0.2) is 54.6 Å². The van der Waals surface area contributed by atoms with Crippen LogP contribution in [-0.2, 0) is 0 Å². The van der Waals surface area contributed by atoms with Gasteiger partial charge in [0, 0.05) is 17.7 Å². The van der Waals surface area contributed by atoms with E-state index in [1.54, 1.807) is 48.5 Å². The summed E-state index contributed by atoms with van der Waals surface area (Å²) in [5, 5.41) is 12.0. The minimum Gasteiger partial charge on any atom is -0.267 e. The molecule has 0 spiro atoms. The zero-order chi connectivity index (χ0) is 19.3. The van der Waals surface area contributed by atoms with Crippen molar-refractivity contribution in [1.29, 1.82) is 5.26 Å². The molecule has 0 aliphatic carbocycles. The summed E-state index contributed by atoms with van der Waals surface area (Å²) in [5.74, 6) is -0.562. The SMILES string of the molecule is CCN(C(=O)c1ccccc1)N(C(=O)c1cccc(C#N)c1)C(C)(C)C. The van der Waals surface area contributed by atoms with Gasteiger partial charge in [-0.1, -0.05) is 24.3 Å². The molecule has 0 N–H and O–H groups in total. The molecule has 0 radical (unpaired) electrons. The molecule has 26 heavy (non-hydrogen) atoms. The van der Waals surface area contributed by atoms with Crippen LogP contribution < -0.4 is 0 Å². The van der Waals surface area contributed by atoms with Crippen LogP contribution >= 0.6 is 0 Å². The summed E-state index contributed by atoms with van der Waals surface area (Å²) in [4.78, 5) is 26.2. The van der Waals surface area contributed by atoms with Crippen LogP contribution in [0.1, 0.15) is 54.0 Å². The van der Waals surface area contributed by atoms with Crippen LogP contribution in [0.2, 0.25) is 0 Å². The van der Waals surface area contributed by atoms with Gasteiger partial charge in [0.2, 0.25) is 0 Å². The number of hydrogen-bond acceptors (Lipinski definition) is 3. The maximum absolute atomic E-state index is 13.2. The molecule has 0 unspecified atom stereocenters. The number of nitriles is 1. The molecular weight excluding hydrogens is 326 g/mol. The van der Waals surface area contributed by atoms with E-state index in [0.717, 1.165) is 0 Å². The third kappa shape index (κ3) is 4.09. The van der Waals surface area contributed by atoms with Gasteiger partial charge in [-0.2, -0.15) is 5.26 Å². The van der Waals surface area contributed by atoms with E-state index < -0.39 is 5.54 Å². The van der Waals surface area contributed by atoms with Crippen LogP contribution in [0.4, 0.5) is 0 Å². The van der Waals surface area contributed by atoms with Crippen molar-refractivity contribution < 1.29 is 9.59 Å². The van der Waals surface area contributed by atoms with Crippen molar-refractivity contribution in [1.82, 2.24) is 10.0 Å². The van der Waals surface area contributed by atoms with Gasteiger partial charge >= 0.3 is 0 Å². The van der Waals surface area contributed by atoms with Crippen LogP contribution in [0.3, 0.4) is 0 Å². The Labute approximate surface area is 154 Å². The first kappa shape index (κ1) is 19.2. The van der Waals surface area contributed by atoms with E-state index in [-0.39, 0.29) is 11.8 Å². The fraction of sp³-hybridized carbons (Fsp3) is 0.286. The molecular formula is C21H23N3O2. The standard InChI is InChI=1S/C21H23N3O2/c1-5-23(19(25)17-11-7-6-8-12-17)24(21(2,3)4)20(26)18-13-9-10-16(14-18)15-22/h6-14H,5H2,1-4H3. The van der Waals surface area contributed by atoms with Gasteiger partial charge in [-0.3, -0.25) is 9.59 Å². The molecule has 0 fully saturated rings. The van der Waals surface area contributed by atoms with E-state index in [2.05, 4.69) is 0 Å². The molecule has 2 rings (SSSR count). The number of carbonyl (C=O) groups excluding carboxylic acids is 2. The van der Waals surface area contributed by atoms with Crippen molar-refractivity contribution in [2.45, 2.75) is 33.2 Å². The number of hydrogen-bond donors (Lipinski definition) is 0. The minimum absolute atomic E-state index is 0.243. The van der Waals surface area contributed by atoms with E-state index in [9.17, 15) is 9.59 Å². The molecule has 134 valence electrons. The Bertz CT molecular complexity index is 832. The lowest BCUT2D eigenvalue weighted by Gasteiger charge is -2.43. The number of carbonyl (C=O) groups is 2. The summed E-state index contributed by atoms with van der Waals surface area (Å²) in [7, 11) is 0. The van der Waals surface area contributed by atoms with E-state index in [4.69, 9.17) is 5.26 Å². The molecule has 2 amide bonds. The highest BCUT2D eigenvalue weighted by atomic mass is 16.2. The van der Waals surface area contributed by atoms with Gasteiger partial charge in [-0.15, -0.1) is 0 Å². The fourth-order valence-corrected chi connectivity index (χ4v) is 2.73. The van der Waals surface area contributed by atoms with Crippen molar-refractivity contribution in [3.8, 4) is 6.07 Å². The second-order valence-electron chi connectivity index (χ2n) is 6.87. The van der Waals surface area contributed by atoms with E-state index in [0.29, 0.717) is 23.2 Å². The molecule has 2 aromatic carbocycles. The van der Waals surface area contributed by atoms with Gasteiger partial charge in [0.05, 0.1) is 17.2 Å². The molecule has 0 saturated heterocycles. The summed E-state index contributed by atoms with van der Waals surface area (Å²) in [5.41, 5.74) is 0.669. The Balaban J connectivity index is 2.47. The maximum Gasteiger partial charge on any atom is 0.273 e. The normalized spacial score (nSPS) is 10.7. The van der Waals surface area contributed by atoms with Crippen molar-refractivity contribution in [3.63, 3.8) is 0 Å². The number of hydrazine groups is 1. The van der Waals surface area contributed by atoms with Crippen LogP contribution in [0.25, 0.3) is 0 Å². The van der Waals surface area contributed by atoms with Crippen LogP contribution in [0, 0.1) is 11.3 Å². The average molecular weight is 349 g/mol. The predicted octanol–water partition coefficient (Wildman–Crippen LogP) is 3.88. The number of amides is 2. The smallest absolute Gasteiger partial charge is 0.267 e. The highest BCUT2D eigenvalue weighted by molar-refractivity contribution is 5.99. The Morgan fingerprint density at radius 1 is 0.962 bits per heavy atom. The maximum atomic E-state index is 13.2. The molecule has 0 saturated carbocycles. The first-order valence-electron chi connectivity index (χ1n) is 8.51. The summed E-state index contributed by atoms with van der Waals surface area (Å²) >= 11 is 0. The van der Waals surface area contributed by atoms with E-state index >= 15 is 0 Å². The first-order valence-corrected chi connectivity index (χ1v) is 8.51. The monoisotopic (exact) mass is 349 g/mol. The molecule has 0 atom stereocenters. The number of rotatable bonds is 3. The second-order valence-corrected chi connectivity index (χ2v) is 6.87. The molecule has 5 nitrogen and oxygen atoms in total. The van der Waals surface area contributed by atoms with Crippen molar-refractivity contribution in [3.05, 3.63) is 71.3 Å². The zero-order valence-corrected chi connectivity index (χ0v) is 15.6. The predicted molar refractivity (Wildman–Crippen MR) is 100 cm³/mol. The third-order valence-corrected chi connectivity index (χ3v) is 3.86. The Morgan fingerprint density at radius 3 is 2.12 bits per heavy atom. The Hall–Kier alpha value is -3.13. The highest BCUT2D eigenvalue weighted by Gasteiger charge is 2.35. The van der Waals surface area contributed by atoms with Gasteiger partial charge < -0.3 is 0 Å². The molecule has 0 aromatic heterocycles. The fourth-order valence-electron chi connectivity index (χ4n) is 2.73. The molecule has 0 aliphatic rings. The number of benzene rings is 2. The van der Waals surface area contributed by atoms with E-state index in [1.807, 2.05) is 39.8 Å². The molecule has 0 bridgehead atoms. The largest absolute Gasteiger partial charge is 0.273 e. The van der Waals surface area contributed by atoms with Gasteiger partial charge in [0.1, 0.15) is 0 Å². The van der Waals surface area contributed by atoms with Gasteiger partial charge in [-0.25, -0.2) is 10.0 Å². The van der Waals surface area contributed by atoms with Gasteiger partial charge in [0.15, 0.2) is 0 Å². The summed E-state index contributed by atoms with van der Waals surface area (Å²) < 4.78 is 0. The summed E-state index contributed by atoms with van der Waals surface area (Å²) in [6.45, 7) is 7.80. The van der Waals surface area contributed by atoms with Gasteiger partial charge in [-0.05, 0) is 58.0 Å². The molecule has 0 heterocycles. The molecule has 0 aliphatic heterocycles. The van der Waals surface area contributed by atoms with Crippen LogP contribution in [-0.4, -0.2) is 33.9 Å². The second kappa shape index (κ2) is 7.83. The lowest BCUT2D eigenvalue weighted by molar-refractivity contribution is -0.0410. The Kier molecular flexibility index (Phi) is 5.78.